The average molecular weight is 437 g/mol. The first-order chi connectivity index (χ1) is 14.1. The highest BCUT2D eigenvalue weighted by atomic mass is 32.2. The van der Waals surface area contributed by atoms with Crippen molar-refractivity contribution in [3.63, 3.8) is 0 Å². The van der Waals surface area contributed by atoms with E-state index in [1.54, 1.807) is 17.0 Å². The van der Waals surface area contributed by atoms with Crippen LogP contribution in [0.1, 0.15) is 6.42 Å². The number of rotatable bonds is 7. The van der Waals surface area contributed by atoms with E-state index in [9.17, 15) is 22.4 Å². The summed E-state index contributed by atoms with van der Waals surface area (Å²) >= 11 is 0. The van der Waals surface area contributed by atoms with Gasteiger partial charge in [-0.05, 0) is 24.6 Å². The number of nitrogens with zero attached hydrogens (tertiary/aromatic N) is 2. The zero-order valence-corrected chi connectivity index (χ0v) is 17.2. The first kappa shape index (κ1) is 22.1. The molecular weight excluding hydrogens is 413 g/mol. The molecule has 0 saturated carbocycles. The molecule has 1 fully saturated rings. The summed E-state index contributed by atoms with van der Waals surface area (Å²) in [7, 11) is -3.36. The Kier molecular flexibility index (Phi) is 6.66. The number of aromatic nitrogens is 1. The number of carbonyl (C=O) groups excluding carboxylic acids is 1. The smallest absolute Gasteiger partial charge is 0.255 e. The second-order valence-electron chi connectivity index (χ2n) is 7.32. The Morgan fingerprint density at radius 3 is 2.73 bits per heavy atom. The fourth-order valence-electron chi connectivity index (χ4n) is 3.45. The monoisotopic (exact) mass is 437 g/mol. The maximum atomic E-state index is 14.5. The molecule has 1 saturated heterocycles. The maximum Gasteiger partial charge on any atom is 0.255 e. The molecule has 2 atom stereocenters. The summed E-state index contributed by atoms with van der Waals surface area (Å²) in [6.45, 7) is 0.527. The molecule has 1 aliphatic heterocycles. The third kappa shape index (κ3) is 5.72. The van der Waals surface area contributed by atoms with Gasteiger partial charge in [0, 0.05) is 43.5 Å². The van der Waals surface area contributed by atoms with Crippen LogP contribution in [0.3, 0.4) is 0 Å². The molecule has 0 spiro atoms. The lowest BCUT2D eigenvalue weighted by molar-refractivity contribution is -0.117. The molecule has 0 radical (unpaired) electrons. The SMILES string of the molecule is CS(=O)(=O)NC[C@@H]1C[C@@H](N)CN1CC(=O)Nc1ccc(-n2ccccc2=O)cc1F. The summed E-state index contributed by atoms with van der Waals surface area (Å²) in [5.74, 6) is -1.12. The van der Waals surface area contributed by atoms with E-state index < -0.39 is 21.7 Å². The number of hydrogen-bond donors (Lipinski definition) is 3. The van der Waals surface area contributed by atoms with Crippen LogP contribution in [-0.4, -0.2) is 61.8 Å². The minimum atomic E-state index is -3.36. The molecule has 0 aliphatic carbocycles. The highest BCUT2D eigenvalue weighted by Gasteiger charge is 2.31. The van der Waals surface area contributed by atoms with Crippen LogP contribution in [-0.2, 0) is 14.8 Å². The molecule has 1 aliphatic rings. The van der Waals surface area contributed by atoms with Gasteiger partial charge in [0.1, 0.15) is 5.82 Å². The standard InChI is InChI=1S/C19H24FN5O4S/c1-30(28,29)22-10-15-8-13(21)11-24(15)12-18(26)23-17-6-5-14(9-16(17)20)25-7-3-2-4-19(25)27/h2-7,9,13,15,22H,8,10-12,21H2,1H3,(H,23,26)/t13-,15+/m1/s1. The molecule has 9 nitrogen and oxygen atoms in total. The minimum Gasteiger partial charge on any atom is -0.326 e. The van der Waals surface area contributed by atoms with Gasteiger partial charge in [0.25, 0.3) is 5.56 Å². The molecular formula is C19H24FN5O4S. The van der Waals surface area contributed by atoms with Crippen LogP contribution in [0, 0.1) is 5.82 Å². The number of likely N-dealkylation sites (tertiary alicyclic amines) is 1. The average Bonchev–Trinajstić information content (AvgIpc) is 3.00. The van der Waals surface area contributed by atoms with Gasteiger partial charge < -0.3 is 11.1 Å². The van der Waals surface area contributed by atoms with Crippen LogP contribution in [0.2, 0.25) is 0 Å². The fourth-order valence-corrected chi connectivity index (χ4v) is 3.94. The molecule has 30 heavy (non-hydrogen) atoms. The quantitative estimate of drug-likeness (QED) is 0.554. The van der Waals surface area contributed by atoms with Crippen molar-refractivity contribution in [3.8, 4) is 5.69 Å². The van der Waals surface area contributed by atoms with Crippen molar-refractivity contribution in [1.82, 2.24) is 14.2 Å². The molecule has 0 bridgehead atoms. The number of nitrogens with two attached hydrogens (primary N) is 1. The number of pyridine rings is 1. The molecule has 1 amide bonds. The number of carbonyl (C=O) groups is 1. The first-order valence-corrected chi connectivity index (χ1v) is 11.2. The lowest BCUT2D eigenvalue weighted by Crippen LogP contribution is -2.43. The van der Waals surface area contributed by atoms with Gasteiger partial charge in [0.2, 0.25) is 15.9 Å². The summed E-state index contributed by atoms with van der Waals surface area (Å²) in [6, 6.07) is 8.30. The molecule has 4 N–H and O–H groups in total. The maximum absolute atomic E-state index is 14.5. The lowest BCUT2D eigenvalue weighted by Gasteiger charge is -2.23. The molecule has 1 aromatic heterocycles. The first-order valence-electron chi connectivity index (χ1n) is 9.34. The van der Waals surface area contributed by atoms with Crippen LogP contribution in [0.25, 0.3) is 5.69 Å². The van der Waals surface area contributed by atoms with Gasteiger partial charge in [-0.1, -0.05) is 6.07 Å². The van der Waals surface area contributed by atoms with Crippen LogP contribution in [0.5, 0.6) is 0 Å². The van der Waals surface area contributed by atoms with E-state index in [0.29, 0.717) is 18.7 Å². The highest BCUT2D eigenvalue weighted by Crippen LogP contribution is 2.19. The van der Waals surface area contributed by atoms with Gasteiger partial charge in [-0.25, -0.2) is 17.5 Å². The number of benzene rings is 1. The van der Waals surface area contributed by atoms with Gasteiger partial charge in [-0.15, -0.1) is 0 Å². The van der Waals surface area contributed by atoms with Gasteiger partial charge >= 0.3 is 0 Å². The molecule has 2 aromatic rings. The van der Waals surface area contributed by atoms with E-state index in [0.717, 1.165) is 6.26 Å². The number of halogens is 1. The van der Waals surface area contributed by atoms with Crippen molar-refractivity contribution < 1.29 is 17.6 Å². The summed E-state index contributed by atoms with van der Waals surface area (Å²) < 4.78 is 40.9. The minimum absolute atomic E-state index is 0.0120. The highest BCUT2D eigenvalue weighted by molar-refractivity contribution is 7.88. The number of hydrogen-bond acceptors (Lipinski definition) is 6. The Bertz CT molecular complexity index is 1090. The number of amides is 1. The van der Waals surface area contributed by atoms with Crippen molar-refractivity contribution in [2.24, 2.45) is 5.73 Å². The zero-order valence-electron chi connectivity index (χ0n) is 16.4. The van der Waals surface area contributed by atoms with E-state index >= 15 is 0 Å². The van der Waals surface area contributed by atoms with Crippen LogP contribution >= 0.6 is 0 Å². The van der Waals surface area contributed by atoms with Crippen molar-refractivity contribution in [2.75, 3.05) is 31.2 Å². The molecule has 1 aromatic carbocycles. The van der Waals surface area contributed by atoms with Crippen LogP contribution in [0.4, 0.5) is 10.1 Å². The normalized spacial score (nSPS) is 19.7. The van der Waals surface area contributed by atoms with Gasteiger partial charge in [0.05, 0.1) is 24.2 Å². The Balaban J connectivity index is 1.65. The Morgan fingerprint density at radius 1 is 1.30 bits per heavy atom. The van der Waals surface area contributed by atoms with Crippen molar-refractivity contribution in [3.05, 3.63) is 58.8 Å². The summed E-state index contributed by atoms with van der Waals surface area (Å²) in [5.41, 5.74) is 5.98. The molecule has 0 unspecified atom stereocenters. The van der Waals surface area contributed by atoms with Crippen molar-refractivity contribution >= 4 is 21.6 Å². The Morgan fingerprint density at radius 2 is 2.07 bits per heavy atom. The summed E-state index contributed by atoms with van der Waals surface area (Å²) in [6.07, 6.45) is 3.14. The topological polar surface area (TPSA) is 127 Å². The van der Waals surface area contributed by atoms with Crippen LogP contribution in [0.15, 0.2) is 47.4 Å². The Hall–Kier alpha value is -2.60. The lowest BCUT2D eigenvalue weighted by atomic mass is 10.2. The van der Waals surface area contributed by atoms with E-state index in [1.165, 1.54) is 35.0 Å². The fraction of sp³-hybridized carbons (Fsp3) is 0.368. The second-order valence-corrected chi connectivity index (χ2v) is 9.15. The third-order valence-electron chi connectivity index (χ3n) is 4.82. The molecule has 11 heteroatoms. The number of anilines is 1. The van der Waals surface area contributed by atoms with Gasteiger partial charge in [0.15, 0.2) is 0 Å². The van der Waals surface area contributed by atoms with Crippen molar-refractivity contribution in [1.29, 1.82) is 0 Å². The van der Waals surface area contributed by atoms with E-state index in [-0.39, 0.29) is 36.4 Å². The summed E-state index contributed by atoms with van der Waals surface area (Å²) in [4.78, 5) is 26.1. The van der Waals surface area contributed by atoms with Gasteiger partial charge in [-0.2, -0.15) is 0 Å². The van der Waals surface area contributed by atoms with E-state index in [2.05, 4.69) is 10.0 Å². The Labute approximate surface area is 173 Å². The zero-order chi connectivity index (χ0) is 21.9. The molecule has 3 rings (SSSR count). The van der Waals surface area contributed by atoms with Gasteiger partial charge in [-0.3, -0.25) is 19.1 Å². The number of sulfonamides is 1. The summed E-state index contributed by atoms with van der Waals surface area (Å²) in [5, 5.41) is 2.52. The third-order valence-corrected chi connectivity index (χ3v) is 5.51. The second kappa shape index (κ2) is 9.04. The molecule has 162 valence electrons. The molecule has 2 heterocycles. The van der Waals surface area contributed by atoms with E-state index in [4.69, 9.17) is 5.73 Å². The van der Waals surface area contributed by atoms with Crippen LogP contribution < -0.4 is 21.3 Å². The largest absolute Gasteiger partial charge is 0.326 e. The number of nitrogens with one attached hydrogen (secondary N) is 2. The van der Waals surface area contributed by atoms with Crippen molar-refractivity contribution in [2.45, 2.75) is 18.5 Å². The predicted octanol–water partition coefficient (Wildman–Crippen LogP) is -0.134. The predicted molar refractivity (Wildman–Crippen MR) is 111 cm³/mol. The van der Waals surface area contributed by atoms with E-state index in [1.807, 2.05) is 0 Å².